The van der Waals surface area contributed by atoms with E-state index in [9.17, 15) is 8.78 Å². The summed E-state index contributed by atoms with van der Waals surface area (Å²) in [5, 5.41) is 7.16. The average molecular weight is 240 g/mol. The lowest BCUT2D eigenvalue weighted by atomic mass is 9.79. The molecule has 0 radical (unpaired) electrons. The third kappa shape index (κ3) is 3.02. The smallest absolute Gasteiger partial charge is 0.129 e. The number of nitrogens with one attached hydrogen (secondary N) is 1. The number of benzene rings is 1. The second-order valence-corrected chi connectivity index (χ2v) is 4.58. The molecule has 0 amide bonds. The first-order chi connectivity index (χ1) is 7.92. The Bertz CT molecular complexity index is 406. The minimum Gasteiger partial charge on any atom is -0.365 e. The molecule has 0 fully saturated rings. The van der Waals surface area contributed by atoms with Gasteiger partial charge in [0.05, 0.1) is 6.34 Å². The van der Waals surface area contributed by atoms with Crippen LogP contribution in [0, 0.1) is 17.0 Å². The van der Waals surface area contributed by atoms with Crippen LogP contribution < -0.4 is 0 Å². The number of hydrogen-bond donors (Lipinski definition) is 1. The lowest BCUT2D eigenvalue weighted by Crippen LogP contribution is -2.36. The molecule has 4 heteroatoms. The van der Waals surface area contributed by atoms with E-state index in [4.69, 9.17) is 5.41 Å². The molecule has 17 heavy (non-hydrogen) atoms. The highest BCUT2D eigenvalue weighted by atomic mass is 19.1. The molecule has 1 aromatic carbocycles. The first-order valence-electron chi connectivity index (χ1n) is 5.59. The minimum atomic E-state index is -0.565. The summed E-state index contributed by atoms with van der Waals surface area (Å²) in [6.45, 7) is 4.40. The molecular weight excluding hydrogens is 222 g/mol. The van der Waals surface area contributed by atoms with Crippen LogP contribution in [0.1, 0.15) is 25.8 Å². The molecule has 0 saturated carbocycles. The fraction of sp³-hybridized carbons (Fsp3) is 0.462. The van der Waals surface area contributed by atoms with Crippen LogP contribution in [-0.4, -0.2) is 24.8 Å². The third-order valence-electron chi connectivity index (χ3n) is 3.18. The molecule has 1 unspecified atom stereocenters. The molecule has 0 aliphatic heterocycles. The fourth-order valence-corrected chi connectivity index (χ4v) is 1.96. The molecule has 0 aromatic heterocycles. The first kappa shape index (κ1) is 13.6. The molecule has 1 rings (SSSR count). The summed E-state index contributed by atoms with van der Waals surface area (Å²) in [6.07, 6.45) is 1.92. The molecule has 0 spiro atoms. The van der Waals surface area contributed by atoms with Gasteiger partial charge in [0.2, 0.25) is 0 Å². The van der Waals surface area contributed by atoms with Gasteiger partial charge in [-0.1, -0.05) is 19.9 Å². The zero-order valence-corrected chi connectivity index (χ0v) is 10.4. The SMILES string of the molecule is CCC(C)(CN(C)C=N)c1ccc(F)cc1F. The van der Waals surface area contributed by atoms with Gasteiger partial charge in [0.25, 0.3) is 0 Å². The van der Waals surface area contributed by atoms with Crippen molar-refractivity contribution in [2.75, 3.05) is 13.6 Å². The van der Waals surface area contributed by atoms with E-state index in [1.807, 2.05) is 13.8 Å². The van der Waals surface area contributed by atoms with E-state index in [0.717, 1.165) is 6.07 Å². The van der Waals surface area contributed by atoms with Crippen molar-refractivity contribution in [2.24, 2.45) is 0 Å². The van der Waals surface area contributed by atoms with Crippen LogP contribution >= 0.6 is 0 Å². The van der Waals surface area contributed by atoms with Gasteiger partial charge in [-0.05, 0) is 18.1 Å². The highest BCUT2D eigenvalue weighted by Gasteiger charge is 2.28. The average Bonchev–Trinajstić information content (AvgIpc) is 2.28. The summed E-state index contributed by atoms with van der Waals surface area (Å²) in [6, 6.07) is 3.68. The van der Waals surface area contributed by atoms with Crippen molar-refractivity contribution < 1.29 is 8.78 Å². The van der Waals surface area contributed by atoms with Gasteiger partial charge >= 0.3 is 0 Å². The predicted octanol–water partition coefficient (Wildman–Crippen LogP) is 3.17. The Balaban J connectivity index is 3.11. The van der Waals surface area contributed by atoms with Crippen molar-refractivity contribution in [3.8, 4) is 0 Å². The normalized spacial score (nSPS) is 14.2. The number of likely N-dealkylation sites (N-methyl/N-ethyl adjacent to an activating group) is 1. The van der Waals surface area contributed by atoms with Gasteiger partial charge in [-0.25, -0.2) is 8.78 Å². The van der Waals surface area contributed by atoms with Crippen molar-refractivity contribution >= 4 is 6.34 Å². The quantitative estimate of drug-likeness (QED) is 0.621. The van der Waals surface area contributed by atoms with Crippen molar-refractivity contribution in [3.05, 3.63) is 35.4 Å². The Kier molecular flexibility index (Phi) is 4.21. The van der Waals surface area contributed by atoms with Gasteiger partial charge in [0.15, 0.2) is 0 Å². The molecule has 0 bridgehead atoms. The molecule has 0 heterocycles. The van der Waals surface area contributed by atoms with Crippen molar-refractivity contribution in [1.82, 2.24) is 4.90 Å². The molecule has 0 aliphatic rings. The van der Waals surface area contributed by atoms with E-state index >= 15 is 0 Å². The van der Waals surface area contributed by atoms with Crippen molar-refractivity contribution in [3.63, 3.8) is 0 Å². The first-order valence-corrected chi connectivity index (χ1v) is 5.59. The molecule has 0 saturated heterocycles. The van der Waals surface area contributed by atoms with Gasteiger partial charge < -0.3 is 4.90 Å². The maximum atomic E-state index is 13.8. The second-order valence-electron chi connectivity index (χ2n) is 4.58. The Hall–Kier alpha value is -1.45. The summed E-state index contributed by atoms with van der Waals surface area (Å²) < 4.78 is 26.7. The molecule has 94 valence electrons. The molecule has 2 nitrogen and oxygen atoms in total. The summed E-state index contributed by atoms with van der Waals surface area (Å²) in [5.74, 6) is -1.09. The Morgan fingerprint density at radius 2 is 2.06 bits per heavy atom. The molecule has 1 N–H and O–H groups in total. The monoisotopic (exact) mass is 240 g/mol. The summed E-state index contributed by atoms with van der Waals surface area (Å²) >= 11 is 0. The van der Waals surface area contributed by atoms with Crippen molar-refractivity contribution in [1.29, 1.82) is 5.41 Å². The molecule has 1 atom stereocenters. The lowest BCUT2D eigenvalue weighted by molar-refractivity contribution is 0.332. The number of nitrogens with zero attached hydrogens (tertiary/aromatic N) is 1. The van der Waals surface area contributed by atoms with Crippen LogP contribution in [0.4, 0.5) is 8.78 Å². The summed E-state index contributed by atoms with van der Waals surface area (Å²) in [4.78, 5) is 1.69. The van der Waals surface area contributed by atoms with Crippen LogP contribution in [-0.2, 0) is 5.41 Å². The largest absolute Gasteiger partial charge is 0.365 e. The maximum Gasteiger partial charge on any atom is 0.129 e. The molecular formula is C13H18F2N2. The van der Waals surface area contributed by atoms with Gasteiger partial charge in [0.1, 0.15) is 11.6 Å². The van der Waals surface area contributed by atoms with Crippen LogP contribution in [0.25, 0.3) is 0 Å². The molecule has 0 aliphatic carbocycles. The third-order valence-corrected chi connectivity index (χ3v) is 3.18. The zero-order chi connectivity index (χ0) is 13.1. The van der Waals surface area contributed by atoms with E-state index in [1.54, 1.807) is 11.9 Å². The zero-order valence-electron chi connectivity index (χ0n) is 10.4. The summed E-state index contributed by atoms with van der Waals surface area (Å²) in [5.41, 5.74) is 0.0690. The minimum absolute atomic E-state index is 0.427. The van der Waals surface area contributed by atoms with Gasteiger partial charge in [-0.15, -0.1) is 0 Å². The van der Waals surface area contributed by atoms with E-state index in [2.05, 4.69) is 0 Å². The number of hydrogen-bond acceptors (Lipinski definition) is 1. The Morgan fingerprint density at radius 1 is 1.41 bits per heavy atom. The highest BCUT2D eigenvalue weighted by molar-refractivity contribution is 5.50. The van der Waals surface area contributed by atoms with Crippen LogP contribution in [0.3, 0.4) is 0 Å². The Morgan fingerprint density at radius 3 is 2.53 bits per heavy atom. The number of rotatable bonds is 5. The van der Waals surface area contributed by atoms with Crippen LogP contribution in [0.15, 0.2) is 18.2 Å². The summed E-state index contributed by atoms with van der Waals surface area (Å²) in [7, 11) is 1.77. The van der Waals surface area contributed by atoms with E-state index in [1.165, 1.54) is 18.5 Å². The van der Waals surface area contributed by atoms with E-state index < -0.39 is 17.0 Å². The van der Waals surface area contributed by atoms with Crippen LogP contribution in [0.2, 0.25) is 0 Å². The van der Waals surface area contributed by atoms with Crippen LogP contribution in [0.5, 0.6) is 0 Å². The number of halogens is 2. The predicted molar refractivity (Wildman–Crippen MR) is 65.4 cm³/mol. The Labute approximate surface area is 101 Å². The second kappa shape index (κ2) is 5.25. The maximum absolute atomic E-state index is 13.8. The standard InChI is InChI=1S/C13H18F2N2/c1-4-13(2,8-17(3)9-16)11-6-5-10(14)7-12(11)15/h5-7,9,16H,4,8H2,1-3H3. The molecule has 1 aromatic rings. The highest BCUT2D eigenvalue weighted by Crippen LogP contribution is 2.30. The fourth-order valence-electron chi connectivity index (χ4n) is 1.96. The van der Waals surface area contributed by atoms with Crippen molar-refractivity contribution in [2.45, 2.75) is 25.7 Å². The van der Waals surface area contributed by atoms with E-state index in [-0.39, 0.29) is 0 Å². The van der Waals surface area contributed by atoms with E-state index in [0.29, 0.717) is 18.5 Å². The topological polar surface area (TPSA) is 27.1 Å². The van der Waals surface area contributed by atoms with Gasteiger partial charge in [-0.2, -0.15) is 0 Å². The van der Waals surface area contributed by atoms with Gasteiger partial charge in [0, 0.05) is 25.1 Å². The van der Waals surface area contributed by atoms with Gasteiger partial charge in [-0.3, -0.25) is 5.41 Å². The lowest BCUT2D eigenvalue weighted by Gasteiger charge is -2.32.